The largest absolute Gasteiger partial charge is 0.315 e. The smallest absolute Gasteiger partial charge is 0.188 e. The fourth-order valence-electron chi connectivity index (χ4n) is 1.91. The van der Waals surface area contributed by atoms with E-state index in [1.165, 1.54) is 0 Å². The standard InChI is InChI=1S/C15H13BrClN3S2/c1-9-8-21-15(19-9)20-14-13(6-10(16)7-18-14)22-12-5-3-2-4-11(12)17/h2-3,5-8,11H,4H2,1H3,(H,18,19,20). The van der Waals surface area contributed by atoms with E-state index in [2.05, 4.69) is 43.4 Å². The zero-order valence-electron chi connectivity index (χ0n) is 11.7. The first-order valence-corrected chi connectivity index (χ1v) is 9.58. The Bertz CT molecular complexity index is 742. The number of halogens is 2. The minimum Gasteiger partial charge on any atom is -0.315 e. The van der Waals surface area contributed by atoms with Crippen LogP contribution in [0.2, 0.25) is 0 Å². The van der Waals surface area contributed by atoms with Gasteiger partial charge in [-0.2, -0.15) is 0 Å². The number of hydrogen-bond donors (Lipinski definition) is 1. The highest BCUT2D eigenvalue weighted by Crippen LogP contribution is 2.39. The van der Waals surface area contributed by atoms with Gasteiger partial charge in [0.15, 0.2) is 5.13 Å². The van der Waals surface area contributed by atoms with Gasteiger partial charge >= 0.3 is 0 Å². The first-order valence-electron chi connectivity index (χ1n) is 6.65. The van der Waals surface area contributed by atoms with Gasteiger partial charge in [-0.05, 0) is 35.3 Å². The van der Waals surface area contributed by atoms with Crippen LogP contribution < -0.4 is 5.32 Å². The molecule has 0 saturated carbocycles. The molecule has 1 atom stereocenters. The molecule has 3 rings (SSSR count). The average Bonchev–Trinajstić information content (AvgIpc) is 2.90. The Kier molecular flexibility index (Phi) is 5.23. The molecule has 0 radical (unpaired) electrons. The molecule has 1 N–H and O–H groups in total. The van der Waals surface area contributed by atoms with Crippen molar-refractivity contribution in [2.45, 2.75) is 23.6 Å². The highest BCUT2D eigenvalue weighted by Gasteiger charge is 2.16. The van der Waals surface area contributed by atoms with Crippen molar-refractivity contribution >= 4 is 61.6 Å². The minimum atomic E-state index is 0.0175. The Morgan fingerprint density at radius 3 is 3.09 bits per heavy atom. The summed E-state index contributed by atoms with van der Waals surface area (Å²) in [5.74, 6) is 0.793. The van der Waals surface area contributed by atoms with E-state index in [4.69, 9.17) is 11.6 Å². The van der Waals surface area contributed by atoms with E-state index < -0.39 is 0 Å². The number of alkyl halides is 1. The molecule has 1 aliphatic rings. The fraction of sp³-hybridized carbons (Fsp3) is 0.200. The number of aromatic nitrogens is 2. The van der Waals surface area contributed by atoms with Crippen molar-refractivity contribution in [3.05, 3.63) is 50.9 Å². The second kappa shape index (κ2) is 7.17. The van der Waals surface area contributed by atoms with Crippen molar-refractivity contribution < 1.29 is 0 Å². The molecule has 0 aromatic carbocycles. The van der Waals surface area contributed by atoms with Crippen LogP contribution in [0.15, 0.2) is 50.1 Å². The van der Waals surface area contributed by atoms with Gasteiger partial charge < -0.3 is 5.32 Å². The number of nitrogens with one attached hydrogen (secondary N) is 1. The Labute approximate surface area is 151 Å². The van der Waals surface area contributed by atoms with Crippen LogP contribution in [0.5, 0.6) is 0 Å². The molecule has 1 aliphatic carbocycles. The van der Waals surface area contributed by atoms with Crippen molar-refractivity contribution in [3.8, 4) is 0 Å². The second-order valence-electron chi connectivity index (χ2n) is 4.72. The summed E-state index contributed by atoms with van der Waals surface area (Å²) in [5, 5.41) is 6.16. The van der Waals surface area contributed by atoms with E-state index >= 15 is 0 Å². The lowest BCUT2D eigenvalue weighted by Gasteiger charge is -2.16. The van der Waals surface area contributed by atoms with Gasteiger partial charge in [0.1, 0.15) is 5.82 Å². The first-order chi connectivity index (χ1) is 10.6. The molecule has 0 amide bonds. The van der Waals surface area contributed by atoms with Crippen molar-refractivity contribution in [1.29, 1.82) is 0 Å². The van der Waals surface area contributed by atoms with Gasteiger partial charge in [0.25, 0.3) is 0 Å². The normalized spacial score (nSPS) is 17.4. The average molecular weight is 415 g/mol. The van der Waals surface area contributed by atoms with Crippen LogP contribution in [-0.4, -0.2) is 15.3 Å². The molecule has 22 heavy (non-hydrogen) atoms. The number of thiazole rings is 1. The summed E-state index contributed by atoms with van der Waals surface area (Å²) in [6, 6.07) is 2.04. The number of nitrogens with zero attached hydrogens (tertiary/aromatic N) is 2. The zero-order chi connectivity index (χ0) is 15.5. The van der Waals surface area contributed by atoms with Gasteiger partial charge in [-0.1, -0.05) is 30.0 Å². The summed E-state index contributed by atoms with van der Waals surface area (Å²) < 4.78 is 0.939. The topological polar surface area (TPSA) is 37.8 Å². The summed E-state index contributed by atoms with van der Waals surface area (Å²) in [4.78, 5) is 11.0. The molecular weight excluding hydrogens is 402 g/mol. The third-order valence-corrected chi connectivity index (χ3v) is 5.98. The van der Waals surface area contributed by atoms with E-state index in [1.54, 1.807) is 29.3 Å². The number of aryl methyl sites for hydroxylation is 1. The predicted octanol–water partition coefficient (Wildman–Crippen LogP) is 5.90. The van der Waals surface area contributed by atoms with E-state index in [1.807, 2.05) is 24.4 Å². The van der Waals surface area contributed by atoms with Gasteiger partial charge in [-0.3, -0.25) is 0 Å². The molecule has 114 valence electrons. The number of rotatable bonds is 4. The lowest BCUT2D eigenvalue weighted by Crippen LogP contribution is -2.03. The van der Waals surface area contributed by atoms with Crippen LogP contribution in [-0.2, 0) is 0 Å². The van der Waals surface area contributed by atoms with Gasteiger partial charge in [0.05, 0.1) is 16.0 Å². The van der Waals surface area contributed by atoms with Crippen LogP contribution in [0, 0.1) is 6.92 Å². The Hall–Kier alpha value is -0.820. The molecule has 2 aromatic rings. The molecule has 0 saturated heterocycles. The Morgan fingerprint density at radius 1 is 1.50 bits per heavy atom. The van der Waals surface area contributed by atoms with Crippen molar-refractivity contribution in [2.75, 3.05) is 5.32 Å². The van der Waals surface area contributed by atoms with Gasteiger partial charge in [0.2, 0.25) is 0 Å². The number of anilines is 2. The van der Waals surface area contributed by atoms with Crippen molar-refractivity contribution in [2.24, 2.45) is 0 Å². The minimum absolute atomic E-state index is 0.0175. The van der Waals surface area contributed by atoms with Gasteiger partial charge in [-0.15, -0.1) is 22.9 Å². The van der Waals surface area contributed by atoms with Crippen LogP contribution >= 0.6 is 50.6 Å². The van der Waals surface area contributed by atoms with Crippen molar-refractivity contribution in [3.63, 3.8) is 0 Å². The number of hydrogen-bond acceptors (Lipinski definition) is 5. The molecule has 7 heteroatoms. The summed E-state index contributed by atoms with van der Waals surface area (Å²) in [5.41, 5.74) is 1.000. The van der Waals surface area contributed by atoms with Crippen LogP contribution in [0.1, 0.15) is 12.1 Å². The molecule has 2 heterocycles. The summed E-state index contributed by atoms with van der Waals surface area (Å²) in [6.45, 7) is 1.98. The molecule has 3 nitrogen and oxygen atoms in total. The third kappa shape index (κ3) is 3.93. The molecule has 1 unspecified atom stereocenters. The number of pyridine rings is 1. The second-order valence-corrected chi connectivity index (χ2v) is 8.14. The maximum absolute atomic E-state index is 6.39. The quantitative estimate of drug-likeness (QED) is 0.632. The lowest BCUT2D eigenvalue weighted by molar-refractivity contribution is 1.03. The molecule has 0 spiro atoms. The molecule has 0 aliphatic heterocycles. The molecular formula is C15H13BrClN3S2. The third-order valence-electron chi connectivity index (χ3n) is 2.94. The highest BCUT2D eigenvalue weighted by atomic mass is 79.9. The maximum Gasteiger partial charge on any atom is 0.188 e. The lowest BCUT2D eigenvalue weighted by atomic mass is 10.2. The molecule has 0 fully saturated rings. The van der Waals surface area contributed by atoms with Crippen molar-refractivity contribution in [1.82, 2.24) is 9.97 Å². The highest BCUT2D eigenvalue weighted by molar-refractivity contribution is 9.10. The molecule has 0 bridgehead atoms. The van der Waals surface area contributed by atoms with E-state index in [-0.39, 0.29) is 5.38 Å². The van der Waals surface area contributed by atoms with E-state index in [0.717, 1.165) is 37.3 Å². The summed E-state index contributed by atoms with van der Waals surface area (Å²) in [7, 11) is 0. The van der Waals surface area contributed by atoms with E-state index in [9.17, 15) is 0 Å². The van der Waals surface area contributed by atoms with Crippen LogP contribution in [0.3, 0.4) is 0 Å². The predicted molar refractivity (Wildman–Crippen MR) is 99.4 cm³/mol. The van der Waals surface area contributed by atoms with E-state index in [0.29, 0.717) is 0 Å². The SMILES string of the molecule is Cc1csc(Nc2ncc(Br)cc2SC2=CC=CCC2Cl)n1. The summed E-state index contributed by atoms with van der Waals surface area (Å²) in [6.07, 6.45) is 8.82. The van der Waals surface area contributed by atoms with Gasteiger partial charge in [-0.25, -0.2) is 9.97 Å². The Balaban J connectivity index is 1.87. The number of thioether (sulfide) groups is 1. The van der Waals surface area contributed by atoms with Crippen LogP contribution in [0.25, 0.3) is 0 Å². The van der Waals surface area contributed by atoms with Crippen LogP contribution in [0.4, 0.5) is 10.9 Å². The molecule has 2 aromatic heterocycles. The zero-order valence-corrected chi connectivity index (χ0v) is 15.7. The Morgan fingerprint density at radius 2 is 2.36 bits per heavy atom. The monoisotopic (exact) mass is 413 g/mol. The number of allylic oxidation sites excluding steroid dienone is 4. The van der Waals surface area contributed by atoms with Gasteiger partial charge in [0, 0.05) is 21.0 Å². The first kappa shape index (κ1) is 16.1. The summed E-state index contributed by atoms with van der Waals surface area (Å²) >= 11 is 13.1. The fourth-order valence-corrected chi connectivity index (χ4v) is 4.40. The maximum atomic E-state index is 6.39.